The molecule has 1 unspecified atom stereocenters. The molecule has 1 aliphatic heterocycles. The number of amides is 1. The minimum Gasteiger partial charge on any atom is -0.480 e. The molecule has 0 spiro atoms. The van der Waals surface area contributed by atoms with Crippen molar-refractivity contribution in [2.45, 2.75) is 25.3 Å². The molecule has 7 nitrogen and oxygen atoms in total. The lowest BCUT2D eigenvalue weighted by Gasteiger charge is -2.33. The first-order valence-corrected chi connectivity index (χ1v) is 7.16. The zero-order valence-corrected chi connectivity index (χ0v) is 11.9. The van der Waals surface area contributed by atoms with Crippen LogP contribution in [0.3, 0.4) is 0 Å². The normalized spacial score (nSPS) is 18.2. The molecular formula is C15H16N4O3. The maximum Gasteiger partial charge on any atom is 0.326 e. The molecule has 1 aromatic carbocycles. The van der Waals surface area contributed by atoms with E-state index in [0.717, 1.165) is 18.4 Å². The van der Waals surface area contributed by atoms with Crippen LogP contribution in [0.1, 0.15) is 29.6 Å². The van der Waals surface area contributed by atoms with E-state index in [1.807, 2.05) is 0 Å². The molecule has 2 N–H and O–H groups in total. The lowest BCUT2D eigenvalue weighted by atomic mass is 10.0. The fraction of sp³-hybridized carbons (Fsp3) is 0.333. The number of carboxylic acids is 1. The third kappa shape index (κ3) is 2.69. The molecule has 0 aliphatic carbocycles. The summed E-state index contributed by atoms with van der Waals surface area (Å²) >= 11 is 0. The number of hydrogen-bond donors (Lipinski definition) is 2. The summed E-state index contributed by atoms with van der Waals surface area (Å²) in [5.41, 5.74) is 1.30. The molecule has 22 heavy (non-hydrogen) atoms. The number of carbonyl (C=O) groups is 2. The standard InChI is InChI=1S/C15H16N4O3/c20-14(19-8-2-1-3-12(19)15(21)22)11-6-4-10(5-7-11)13-16-9-17-18-13/h4-7,9,12H,1-3,8H2,(H,21,22)(H,16,17,18). The monoisotopic (exact) mass is 300 g/mol. The summed E-state index contributed by atoms with van der Waals surface area (Å²) in [6, 6.07) is 6.19. The number of hydrogen-bond acceptors (Lipinski definition) is 4. The maximum atomic E-state index is 12.5. The molecule has 3 rings (SSSR count). The second kappa shape index (κ2) is 5.97. The van der Waals surface area contributed by atoms with Gasteiger partial charge in [0.1, 0.15) is 12.4 Å². The van der Waals surface area contributed by atoms with Crippen LogP contribution in [0.5, 0.6) is 0 Å². The number of benzene rings is 1. The van der Waals surface area contributed by atoms with Gasteiger partial charge in [-0.1, -0.05) is 12.1 Å². The summed E-state index contributed by atoms with van der Waals surface area (Å²) in [5.74, 6) is -0.553. The van der Waals surface area contributed by atoms with Crippen molar-refractivity contribution >= 4 is 11.9 Å². The summed E-state index contributed by atoms with van der Waals surface area (Å²) in [4.78, 5) is 29.3. The van der Waals surface area contributed by atoms with Crippen LogP contribution in [0, 0.1) is 0 Å². The van der Waals surface area contributed by atoms with Crippen molar-refractivity contribution in [3.63, 3.8) is 0 Å². The Labute approximate surface area is 127 Å². The Hall–Kier alpha value is -2.70. The van der Waals surface area contributed by atoms with Crippen LogP contribution in [-0.4, -0.2) is 49.7 Å². The van der Waals surface area contributed by atoms with Gasteiger partial charge in [-0.3, -0.25) is 9.89 Å². The van der Waals surface area contributed by atoms with Crippen molar-refractivity contribution in [1.82, 2.24) is 20.1 Å². The van der Waals surface area contributed by atoms with Gasteiger partial charge in [-0.05, 0) is 31.4 Å². The van der Waals surface area contributed by atoms with Gasteiger partial charge in [-0.15, -0.1) is 0 Å². The van der Waals surface area contributed by atoms with Crippen LogP contribution < -0.4 is 0 Å². The van der Waals surface area contributed by atoms with Crippen LogP contribution in [0.2, 0.25) is 0 Å². The van der Waals surface area contributed by atoms with Gasteiger partial charge in [-0.2, -0.15) is 5.10 Å². The van der Waals surface area contributed by atoms with Crippen LogP contribution >= 0.6 is 0 Å². The van der Waals surface area contributed by atoms with Gasteiger partial charge in [0.05, 0.1) is 0 Å². The zero-order valence-electron chi connectivity index (χ0n) is 11.9. The van der Waals surface area contributed by atoms with Gasteiger partial charge in [0.15, 0.2) is 5.82 Å². The van der Waals surface area contributed by atoms with Crippen molar-refractivity contribution < 1.29 is 14.7 Å². The maximum absolute atomic E-state index is 12.5. The Morgan fingerprint density at radius 1 is 1.23 bits per heavy atom. The lowest BCUT2D eigenvalue weighted by Crippen LogP contribution is -2.47. The molecule has 1 aromatic heterocycles. The summed E-state index contributed by atoms with van der Waals surface area (Å²) in [6.07, 6.45) is 3.60. The number of carbonyl (C=O) groups excluding carboxylic acids is 1. The number of nitrogens with zero attached hydrogens (tertiary/aromatic N) is 3. The fourth-order valence-corrected chi connectivity index (χ4v) is 2.71. The summed E-state index contributed by atoms with van der Waals surface area (Å²) in [5, 5.41) is 15.8. The Morgan fingerprint density at radius 2 is 2.00 bits per heavy atom. The Bertz CT molecular complexity index is 667. The average Bonchev–Trinajstić information content (AvgIpc) is 3.09. The zero-order chi connectivity index (χ0) is 15.5. The van der Waals surface area contributed by atoms with Crippen molar-refractivity contribution in [2.24, 2.45) is 0 Å². The van der Waals surface area contributed by atoms with E-state index in [1.165, 1.54) is 11.2 Å². The van der Waals surface area contributed by atoms with Crippen molar-refractivity contribution in [3.05, 3.63) is 36.2 Å². The second-order valence-corrected chi connectivity index (χ2v) is 5.26. The quantitative estimate of drug-likeness (QED) is 0.896. The molecule has 1 fully saturated rings. The number of nitrogens with one attached hydrogen (secondary N) is 1. The Balaban J connectivity index is 1.81. The van der Waals surface area contributed by atoms with E-state index in [2.05, 4.69) is 15.2 Å². The first-order chi connectivity index (χ1) is 10.7. The van der Waals surface area contributed by atoms with E-state index in [4.69, 9.17) is 0 Å². The van der Waals surface area contributed by atoms with Gasteiger partial charge in [-0.25, -0.2) is 9.78 Å². The molecule has 7 heteroatoms. The van der Waals surface area contributed by atoms with Crippen LogP contribution in [0.15, 0.2) is 30.6 Å². The number of carboxylic acid groups (broad SMARTS) is 1. The van der Waals surface area contributed by atoms with Gasteiger partial charge < -0.3 is 10.0 Å². The first-order valence-electron chi connectivity index (χ1n) is 7.16. The van der Waals surface area contributed by atoms with Crippen molar-refractivity contribution in [2.75, 3.05) is 6.54 Å². The number of aliphatic carboxylic acids is 1. The first kappa shape index (κ1) is 14.2. The lowest BCUT2D eigenvalue weighted by molar-refractivity contribution is -0.143. The molecule has 0 bridgehead atoms. The number of piperidine rings is 1. The average molecular weight is 300 g/mol. The molecule has 2 heterocycles. The Kier molecular flexibility index (Phi) is 3.86. The van der Waals surface area contributed by atoms with E-state index in [0.29, 0.717) is 24.4 Å². The van der Waals surface area contributed by atoms with Crippen LogP contribution in [0.4, 0.5) is 0 Å². The second-order valence-electron chi connectivity index (χ2n) is 5.26. The molecule has 0 saturated carbocycles. The van der Waals surface area contributed by atoms with E-state index < -0.39 is 12.0 Å². The third-order valence-corrected chi connectivity index (χ3v) is 3.87. The number of H-pyrrole nitrogens is 1. The highest BCUT2D eigenvalue weighted by Gasteiger charge is 2.32. The molecule has 1 saturated heterocycles. The molecule has 0 radical (unpaired) electrons. The van der Waals surface area contributed by atoms with Crippen LogP contribution in [0.25, 0.3) is 11.4 Å². The summed E-state index contributed by atoms with van der Waals surface area (Å²) < 4.78 is 0. The highest BCUT2D eigenvalue weighted by Crippen LogP contribution is 2.21. The van der Waals surface area contributed by atoms with Gasteiger partial charge in [0.25, 0.3) is 5.91 Å². The number of aromatic nitrogens is 3. The molecule has 1 atom stereocenters. The number of aromatic amines is 1. The SMILES string of the molecule is O=C(O)C1CCCCN1C(=O)c1ccc(-c2ncn[nH]2)cc1. The number of rotatable bonds is 3. The highest BCUT2D eigenvalue weighted by molar-refractivity contribution is 5.97. The minimum absolute atomic E-state index is 0.240. The molecular weight excluding hydrogens is 284 g/mol. The molecule has 2 aromatic rings. The van der Waals surface area contributed by atoms with E-state index in [-0.39, 0.29) is 5.91 Å². The smallest absolute Gasteiger partial charge is 0.326 e. The summed E-state index contributed by atoms with van der Waals surface area (Å²) in [6.45, 7) is 0.486. The topological polar surface area (TPSA) is 99.2 Å². The van der Waals surface area contributed by atoms with Gasteiger partial charge in [0, 0.05) is 17.7 Å². The van der Waals surface area contributed by atoms with Crippen molar-refractivity contribution in [1.29, 1.82) is 0 Å². The number of likely N-dealkylation sites (tertiary alicyclic amines) is 1. The van der Waals surface area contributed by atoms with E-state index in [9.17, 15) is 14.7 Å². The fourth-order valence-electron chi connectivity index (χ4n) is 2.71. The minimum atomic E-state index is -0.939. The Morgan fingerprint density at radius 3 is 2.64 bits per heavy atom. The molecule has 114 valence electrons. The van der Waals surface area contributed by atoms with Crippen LogP contribution in [-0.2, 0) is 4.79 Å². The highest BCUT2D eigenvalue weighted by atomic mass is 16.4. The predicted octanol–water partition coefficient (Wildman–Crippen LogP) is 1.55. The van der Waals surface area contributed by atoms with E-state index in [1.54, 1.807) is 24.3 Å². The van der Waals surface area contributed by atoms with E-state index >= 15 is 0 Å². The summed E-state index contributed by atoms with van der Waals surface area (Å²) in [7, 11) is 0. The van der Waals surface area contributed by atoms with Gasteiger partial charge >= 0.3 is 5.97 Å². The van der Waals surface area contributed by atoms with Crippen molar-refractivity contribution in [3.8, 4) is 11.4 Å². The molecule has 1 aliphatic rings. The molecule has 1 amide bonds. The van der Waals surface area contributed by atoms with Gasteiger partial charge in [0.2, 0.25) is 0 Å². The largest absolute Gasteiger partial charge is 0.480 e. The predicted molar refractivity (Wildman–Crippen MR) is 78.1 cm³/mol. The third-order valence-electron chi connectivity index (χ3n) is 3.87.